The zero-order valence-corrected chi connectivity index (χ0v) is 16.8. The summed E-state index contributed by atoms with van der Waals surface area (Å²) in [7, 11) is 0. The van der Waals surface area contributed by atoms with Crippen LogP contribution in [0.5, 0.6) is 0 Å². The molecule has 0 unspecified atom stereocenters. The van der Waals surface area contributed by atoms with Crippen molar-refractivity contribution in [2.24, 2.45) is 0 Å². The largest absolute Gasteiger partial charge is 0.371 e. The monoisotopic (exact) mass is 414 g/mol. The number of hydrogen-bond acceptors (Lipinski definition) is 7. The molecule has 1 N–H and O–H groups in total. The van der Waals surface area contributed by atoms with Crippen molar-refractivity contribution in [3.05, 3.63) is 36.4 Å². The number of aryl methyl sites for hydroxylation is 1. The van der Waals surface area contributed by atoms with E-state index in [0.717, 1.165) is 16.2 Å². The van der Waals surface area contributed by atoms with Crippen molar-refractivity contribution in [2.75, 3.05) is 32.1 Å². The third-order valence-electron chi connectivity index (χ3n) is 5.33. The smallest absolute Gasteiger partial charge is 0.233 e. The topological polar surface area (TPSA) is 98.2 Å². The lowest BCUT2D eigenvalue weighted by Gasteiger charge is -2.18. The van der Waals surface area contributed by atoms with Crippen LogP contribution >= 0.6 is 11.8 Å². The van der Waals surface area contributed by atoms with Crippen LogP contribution < -0.4 is 0 Å². The van der Waals surface area contributed by atoms with Crippen LogP contribution in [0.15, 0.2) is 36.0 Å². The molecule has 2 saturated heterocycles. The second kappa shape index (κ2) is 7.77. The Morgan fingerprint density at radius 1 is 1.28 bits per heavy atom. The SMILES string of the molecule is Cc1ccc2nc(SCC(=O)N3C[C@@H]4OCC(n5cncn5)CO[C@H]4C3)[nH]c2c1. The van der Waals surface area contributed by atoms with Crippen LogP contribution in [0.25, 0.3) is 11.0 Å². The van der Waals surface area contributed by atoms with E-state index in [1.54, 1.807) is 11.0 Å². The Morgan fingerprint density at radius 2 is 2.07 bits per heavy atom. The molecule has 2 aliphatic rings. The average Bonchev–Trinajstić information content (AvgIpc) is 3.44. The molecule has 2 fully saturated rings. The van der Waals surface area contributed by atoms with Gasteiger partial charge < -0.3 is 19.4 Å². The van der Waals surface area contributed by atoms with Gasteiger partial charge in [0.15, 0.2) is 5.16 Å². The van der Waals surface area contributed by atoms with Crippen LogP contribution in [0.1, 0.15) is 11.6 Å². The standard InChI is InChI=1S/C19H22N6O3S/c1-12-2-3-14-15(4-12)23-19(22-14)29-9-18(26)24-5-16-17(6-24)28-8-13(7-27-16)25-11-20-10-21-25/h2-4,10-11,13,16-17H,5-9H2,1H3,(H,22,23)/t16-,17-/m0/s1. The van der Waals surface area contributed by atoms with Crippen LogP contribution in [-0.2, 0) is 14.3 Å². The number of aromatic amines is 1. The zero-order valence-electron chi connectivity index (χ0n) is 16.0. The number of rotatable bonds is 4. The van der Waals surface area contributed by atoms with E-state index in [2.05, 4.69) is 26.1 Å². The fraction of sp³-hybridized carbons (Fsp3) is 0.474. The molecule has 10 heteroatoms. The van der Waals surface area contributed by atoms with E-state index in [0.29, 0.717) is 32.1 Å². The molecule has 0 spiro atoms. The molecular formula is C19H22N6O3S. The molecule has 2 aliphatic heterocycles. The van der Waals surface area contributed by atoms with Gasteiger partial charge >= 0.3 is 0 Å². The molecule has 2 aromatic heterocycles. The van der Waals surface area contributed by atoms with Gasteiger partial charge in [0.1, 0.15) is 30.9 Å². The highest BCUT2D eigenvalue weighted by Crippen LogP contribution is 2.25. The number of carbonyl (C=O) groups is 1. The van der Waals surface area contributed by atoms with Gasteiger partial charge in [0.05, 0.1) is 30.0 Å². The number of likely N-dealkylation sites (tertiary alicyclic amines) is 1. The molecule has 1 amide bonds. The van der Waals surface area contributed by atoms with Gasteiger partial charge in [-0.25, -0.2) is 14.6 Å². The van der Waals surface area contributed by atoms with Crippen LogP contribution in [0.4, 0.5) is 0 Å². The van der Waals surface area contributed by atoms with Gasteiger partial charge in [0.2, 0.25) is 5.91 Å². The lowest BCUT2D eigenvalue weighted by atomic mass is 10.2. The third kappa shape index (κ3) is 3.87. The summed E-state index contributed by atoms with van der Waals surface area (Å²) in [5.41, 5.74) is 3.08. The Morgan fingerprint density at radius 3 is 2.79 bits per heavy atom. The summed E-state index contributed by atoms with van der Waals surface area (Å²) in [5.74, 6) is 0.402. The average molecular weight is 414 g/mol. The molecule has 0 saturated carbocycles. The van der Waals surface area contributed by atoms with E-state index in [1.807, 2.05) is 24.0 Å². The number of nitrogens with one attached hydrogen (secondary N) is 1. The Kier molecular flexibility index (Phi) is 4.98. The van der Waals surface area contributed by atoms with Crippen molar-refractivity contribution in [3.8, 4) is 0 Å². The highest BCUT2D eigenvalue weighted by Gasteiger charge is 2.39. The Hall–Kier alpha value is -2.43. The highest BCUT2D eigenvalue weighted by molar-refractivity contribution is 7.99. The van der Waals surface area contributed by atoms with E-state index in [4.69, 9.17) is 9.47 Å². The van der Waals surface area contributed by atoms with E-state index >= 15 is 0 Å². The molecule has 0 aliphatic carbocycles. The van der Waals surface area contributed by atoms with Gasteiger partial charge in [-0.2, -0.15) is 5.10 Å². The number of benzene rings is 1. The quantitative estimate of drug-likeness (QED) is 0.645. The van der Waals surface area contributed by atoms with E-state index < -0.39 is 0 Å². The molecule has 1 aromatic carbocycles. The van der Waals surface area contributed by atoms with Crippen molar-refractivity contribution < 1.29 is 14.3 Å². The maximum absolute atomic E-state index is 12.7. The predicted octanol–water partition coefficient (Wildman–Crippen LogP) is 1.42. The van der Waals surface area contributed by atoms with Gasteiger partial charge in [-0.1, -0.05) is 17.8 Å². The Bertz CT molecular complexity index is 991. The van der Waals surface area contributed by atoms with Crippen molar-refractivity contribution >= 4 is 28.7 Å². The maximum atomic E-state index is 12.7. The lowest BCUT2D eigenvalue weighted by Crippen LogP contribution is -2.32. The summed E-state index contributed by atoms with van der Waals surface area (Å²) in [6.45, 7) is 4.14. The first-order valence-corrected chi connectivity index (χ1v) is 10.6. The van der Waals surface area contributed by atoms with Crippen molar-refractivity contribution in [2.45, 2.75) is 30.3 Å². The van der Waals surface area contributed by atoms with Gasteiger partial charge in [-0.3, -0.25) is 4.79 Å². The molecule has 0 radical (unpaired) electrons. The van der Waals surface area contributed by atoms with Crippen molar-refractivity contribution in [1.82, 2.24) is 29.6 Å². The number of carbonyl (C=O) groups excluding carboxylic acids is 1. The van der Waals surface area contributed by atoms with Gasteiger partial charge in [0, 0.05) is 13.1 Å². The number of thioether (sulfide) groups is 1. The normalized spacial score (nSPS) is 22.7. The second-order valence-corrected chi connectivity index (χ2v) is 8.39. The number of ether oxygens (including phenoxy) is 2. The first-order chi connectivity index (χ1) is 14.2. The van der Waals surface area contributed by atoms with Crippen LogP contribution in [0, 0.1) is 6.92 Å². The molecule has 0 bridgehead atoms. The van der Waals surface area contributed by atoms with Crippen molar-refractivity contribution in [1.29, 1.82) is 0 Å². The van der Waals surface area contributed by atoms with Gasteiger partial charge in [-0.15, -0.1) is 0 Å². The Labute approximate surface area is 171 Å². The zero-order chi connectivity index (χ0) is 19.8. The summed E-state index contributed by atoms with van der Waals surface area (Å²) < 4.78 is 13.8. The fourth-order valence-electron chi connectivity index (χ4n) is 3.73. The predicted molar refractivity (Wildman–Crippen MR) is 107 cm³/mol. The minimum atomic E-state index is -0.105. The highest BCUT2D eigenvalue weighted by atomic mass is 32.2. The number of fused-ring (bicyclic) bond motifs is 2. The molecule has 9 nitrogen and oxygen atoms in total. The minimum absolute atomic E-state index is 0.0135. The van der Waals surface area contributed by atoms with Crippen LogP contribution in [0.3, 0.4) is 0 Å². The van der Waals surface area contributed by atoms with E-state index in [9.17, 15) is 4.79 Å². The molecule has 152 valence electrons. The number of H-pyrrole nitrogens is 1. The van der Waals surface area contributed by atoms with Crippen molar-refractivity contribution in [3.63, 3.8) is 0 Å². The molecular weight excluding hydrogens is 392 g/mol. The Balaban J connectivity index is 1.16. The number of hydrogen-bond donors (Lipinski definition) is 1. The first kappa shape index (κ1) is 18.6. The summed E-state index contributed by atoms with van der Waals surface area (Å²) in [5, 5.41) is 4.92. The third-order valence-corrected chi connectivity index (χ3v) is 6.19. The van der Waals surface area contributed by atoms with Gasteiger partial charge in [0.25, 0.3) is 0 Å². The molecule has 2 atom stereocenters. The summed E-state index contributed by atoms with van der Waals surface area (Å²) in [6.07, 6.45) is 2.97. The molecule has 3 aromatic rings. The summed E-state index contributed by atoms with van der Waals surface area (Å²) >= 11 is 1.42. The summed E-state index contributed by atoms with van der Waals surface area (Å²) in [4.78, 5) is 26.3. The fourth-order valence-corrected chi connectivity index (χ4v) is 4.52. The first-order valence-electron chi connectivity index (χ1n) is 9.60. The molecule has 4 heterocycles. The minimum Gasteiger partial charge on any atom is -0.371 e. The number of aromatic nitrogens is 5. The maximum Gasteiger partial charge on any atom is 0.233 e. The van der Waals surface area contributed by atoms with Gasteiger partial charge in [-0.05, 0) is 24.6 Å². The molecule has 5 rings (SSSR count). The molecule has 29 heavy (non-hydrogen) atoms. The van der Waals surface area contributed by atoms with E-state index in [-0.39, 0.29) is 24.2 Å². The van der Waals surface area contributed by atoms with Crippen LogP contribution in [0.2, 0.25) is 0 Å². The number of nitrogens with zero attached hydrogens (tertiary/aromatic N) is 5. The number of imidazole rings is 1. The second-order valence-electron chi connectivity index (χ2n) is 7.42. The summed E-state index contributed by atoms with van der Waals surface area (Å²) in [6, 6.07) is 6.09. The van der Waals surface area contributed by atoms with E-state index in [1.165, 1.54) is 23.7 Å². The van der Waals surface area contributed by atoms with Crippen LogP contribution in [-0.4, -0.2) is 79.8 Å². The number of amides is 1. The lowest BCUT2D eigenvalue weighted by molar-refractivity contribution is -0.128.